The van der Waals surface area contributed by atoms with E-state index in [1.165, 1.54) is 12.2 Å². The molecule has 0 atom stereocenters. The number of anilines is 1. The standard InChI is InChI=1S/C17H10N2O3/c20-15-7-8-16(21)19(15)10-5-6-14-12(9-10)17(22)11-3-1-2-4-13(11)18-14/h1-9H,(H,18,22). The summed E-state index contributed by atoms with van der Waals surface area (Å²) in [7, 11) is 0. The number of rotatable bonds is 1. The summed E-state index contributed by atoms with van der Waals surface area (Å²) < 4.78 is 0. The molecular weight excluding hydrogens is 280 g/mol. The van der Waals surface area contributed by atoms with Crippen LogP contribution in [0.1, 0.15) is 0 Å². The highest BCUT2D eigenvalue weighted by Gasteiger charge is 2.25. The number of aromatic nitrogens is 1. The van der Waals surface area contributed by atoms with E-state index in [-0.39, 0.29) is 5.43 Å². The number of para-hydroxylation sites is 1. The van der Waals surface area contributed by atoms with E-state index in [0.29, 0.717) is 22.0 Å². The molecule has 22 heavy (non-hydrogen) atoms. The molecule has 1 aromatic heterocycles. The third-order valence-electron chi connectivity index (χ3n) is 3.76. The van der Waals surface area contributed by atoms with E-state index >= 15 is 0 Å². The Labute approximate surface area is 124 Å². The number of H-pyrrole nitrogens is 1. The first-order valence-electron chi connectivity index (χ1n) is 6.76. The molecule has 0 saturated heterocycles. The summed E-state index contributed by atoms with van der Waals surface area (Å²) in [5.74, 6) is -0.803. The molecular formula is C17H10N2O3. The first kappa shape index (κ1) is 12.5. The molecule has 0 radical (unpaired) electrons. The Morgan fingerprint density at radius 2 is 1.45 bits per heavy atom. The second kappa shape index (κ2) is 4.39. The molecule has 0 unspecified atom stereocenters. The Kier molecular flexibility index (Phi) is 2.50. The minimum atomic E-state index is -0.401. The van der Waals surface area contributed by atoms with Crippen molar-refractivity contribution in [1.29, 1.82) is 0 Å². The number of nitrogens with one attached hydrogen (secondary N) is 1. The van der Waals surface area contributed by atoms with Crippen molar-refractivity contribution >= 4 is 39.3 Å². The van der Waals surface area contributed by atoms with E-state index in [9.17, 15) is 14.4 Å². The number of imide groups is 1. The van der Waals surface area contributed by atoms with Crippen molar-refractivity contribution in [3.05, 3.63) is 64.8 Å². The van der Waals surface area contributed by atoms with Crippen LogP contribution < -0.4 is 10.3 Å². The van der Waals surface area contributed by atoms with Gasteiger partial charge in [0.1, 0.15) is 0 Å². The number of fused-ring (bicyclic) bond motifs is 2. The molecule has 0 saturated carbocycles. The lowest BCUT2D eigenvalue weighted by Gasteiger charge is -2.14. The quantitative estimate of drug-likeness (QED) is 0.551. The SMILES string of the molecule is O=C1C=CC(=O)N1c1ccc2[nH]c3ccccc3c(=O)c2c1. The third kappa shape index (κ3) is 1.69. The molecule has 5 nitrogen and oxygen atoms in total. The molecule has 1 N–H and O–H groups in total. The lowest BCUT2D eigenvalue weighted by molar-refractivity contribution is -0.119. The summed E-state index contributed by atoms with van der Waals surface area (Å²) in [5.41, 5.74) is 1.69. The van der Waals surface area contributed by atoms with Crippen molar-refractivity contribution < 1.29 is 9.59 Å². The summed E-state index contributed by atoms with van der Waals surface area (Å²) >= 11 is 0. The van der Waals surface area contributed by atoms with Crippen LogP contribution in [0.5, 0.6) is 0 Å². The highest BCUT2D eigenvalue weighted by Crippen LogP contribution is 2.23. The molecule has 0 bridgehead atoms. The average Bonchev–Trinajstić information content (AvgIpc) is 2.86. The van der Waals surface area contributed by atoms with Crippen molar-refractivity contribution in [3.8, 4) is 0 Å². The third-order valence-corrected chi connectivity index (χ3v) is 3.76. The Morgan fingerprint density at radius 3 is 2.23 bits per heavy atom. The van der Waals surface area contributed by atoms with E-state index in [4.69, 9.17) is 0 Å². The number of hydrogen-bond acceptors (Lipinski definition) is 3. The fraction of sp³-hybridized carbons (Fsp3) is 0. The molecule has 2 heterocycles. The number of pyridine rings is 1. The molecule has 1 aliphatic heterocycles. The van der Waals surface area contributed by atoms with E-state index in [0.717, 1.165) is 10.4 Å². The van der Waals surface area contributed by atoms with E-state index in [2.05, 4.69) is 4.98 Å². The predicted octanol–water partition coefficient (Wildman–Crippen LogP) is 2.11. The van der Waals surface area contributed by atoms with Gasteiger partial charge in [0.25, 0.3) is 11.8 Å². The smallest absolute Gasteiger partial charge is 0.258 e. The van der Waals surface area contributed by atoms with Gasteiger partial charge in [-0.3, -0.25) is 14.4 Å². The van der Waals surface area contributed by atoms with Gasteiger partial charge in [0.05, 0.1) is 5.69 Å². The number of nitrogens with zero attached hydrogens (tertiary/aromatic N) is 1. The van der Waals surface area contributed by atoms with Gasteiger partial charge in [-0.05, 0) is 30.3 Å². The number of aromatic amines is 1. The summed E-state index contributed by atoms with van der Waals surface area (Å²) in [6.45, 7) is 0. The number of amides is 2. The normalized spacial score (nSPS) is 14.5. The summed E-state index contributed by atoms with van der Waals surface area (Å²) in [6, 6.07) is 12.2. The fourth-order valence-electron chi connectivity index (χ4n) is 2.70. The van der Waals surface area contributed by atoms with Crippen LogP contribution in [0.25, 0.3) is 21.8 Å². The summed E-state index contributed by atoms with van der Waals surface area (Å²) in [6.07, 6.45) is 2.44. The van der Waals surface area contributed by atoms with E-state index in [1.807, 2.05) is 12.1 Å². The van der Waals surface area contributed by atoms with Crippen LogP contribution in [-0.2, 0) is 9.59 Å². The molecule has 0 fully saturated rings. The predicted molar refractivity (Wildman–Crippen MR) is 83.7 cm³/mol. The highest BCUT2D eigenvalue weighted by molar-refractivity contribution is 6.28. The van der Waals surface area contributed by atoms with Gasteiger partial charge >= 0.3 is 0 Å². The first-order valence-corrected chi connectivity index (χ1v) is 6.76. The van der Waals surface area contributed by atoms with Crippen molar-refractivity contribution in [2.75, 3.05) is 4.90 Å². The van der Waals surface area contributed by atoms with Crippen LogP contribution in [0.3, 0.4) is 0 Å². The van der Waals surface area contributed by atoms with Crippen LogP contribution in [0.15, 0.2) is 59.4 Å². The zero-order valence-corrected chi connectivity index (χ0v) is 11.4. The van der Waals surface area contributed by atoms with Crippen LogP contribution in [-0.4, -0.2) is 16.8 Å². The average molecular weight is 290 g/mol. The monoisotopic (exact) mass is 290 g/mol. The van der Waals surface area contributed by atoms with Gasteiger partial charge in [-0.2, -0.15) is 0 Å². The van der Waals surface area contributed by atoms with Crippen molar-refractivity contribution in [1.82, 2.24) is 4.98 Å². The van der Waals surface area contributed by atoms with Gasteiger partial charge in [-0.1, -0.05) is 12.1 Å². The second-order valence-corrected chi connectivity index (χ2v) is 5.07. The first-order chi connectivity index (χ1) is 10.6. The molecule has 0 aliphatic carbocycles. The van der Waals surface area contributed by atoms with Crippen LogP contribution in [0, 0.1) is 0 Å². The van der Waals surface area contributed by atoms with E-state index in [1.54, 1.807) is 30.3 Å². The lowest BCUT2D eigenvalue weighted by atomic mass is 10.1. The van der Waals surface area contributed by atoms with E-state index < -0.39 is 11.8 Å². The van der Waals surface area contributed by atoms with Gasteiger partial charge in [0.15, 0.2) is 5.43 Å². The largest absolute Gasteiger partial charge is 0.354 e. The van der Waals surface area contributed by atoms with Crippen molar-refractivity contribution in [2.45, 2.75) is 0 Å². The Bertz CT molecular complexity index is 1030. The Morgan fingerprint density at radius 1 is 0.773 bits per heavy atom. The van der Waals surface area contributed by atoms with Crippen molar-refractivity contribution in [3.63, 3.8) is 0 Å². The molecule has 2 aromatic carbocycles. The number of carbonyl (C=O) groups is 2. The summed E-state index contributed by atoms with van der Waals surface area (Å²) in [4.78, 5) is 40.3. The number of carbonyl (C=O) groups excluding carboxylic acids is 2. The maximum Gasteiger partial charge on any atom is 0.258 e. The Balaban J connectivity index is 2.00. The Hall–Kier alpha value is -3.21. The van der Waals surface area contributed by atoms with Gasteiger partial charge in [0.2, 0.25) is 0 Å². The zero-order chi connectivity index (χ0) is 15.3. The maximum absolute atomic E-state index is 12.6. The van der Waals surface area contributed by atoms with Crippen LogP contribution in [0.4, 0.5) is 5.69 Å². The number of benzene rings is 2. The molecule has 5 heteroatoms. The molecule has 106 valence electrons. The minimum absolute atomic E-state index is 0.127. The topological polar surface area (TPSA) is 70.2 Å². The molecule has 4 rings (SSSR count). The lowest BCUT2D eigenvalue weighted by Crippen LogP contribution is -2.29. The highest BCUT2D eigenvalue weighted by atomic mass is 16.2. The van der Waals surface area contributed by atoms with Gasteiger partial charge in [0, 0.05) is 34.0 Å². The molecule has 3 aromatic rings. The van der Waals surface area contributed by atoms with Gasteiger partial charge in [-0.15, -0.1) is 0 Å². The number of hydrogen-bond donors (Lipinski definition) is 1. The zero-order valence-electron chi connectivity index (χ0n) is 11.4. The van der Waals surface area contributed by atoms with Gasteiger partial charge in [-0.25, -0.2) is 4.90 Å². The minimum Gasteiger partial charge on any atom is -0.354 e. The molecule has 1 aliphatic rings. The maximum atomic E-state index is 12.6. The van der Waals surface area contributed by atoms with Crippen LogP contribution in [0.2, 0.25) is 0 Å². The summed E-state index contributed by atoms with van der Waals surface area (Å²) in [5, 5.41) is 1.02. The fourth-order valence-corrected chi connectivity index (χ4v) is 2.70. The van der Waals surface area contributed by atoms with Crippen LogP contribution >= 0.6 is 0 Å². The molecule has 0 spiro atoms. The second-order valence-electron chi connectivity index (χ2n) is 5.07. The van der Waals surface area contributed by atoms with Gasteiger partial charge < -0.3 is 4.98 Å². The molecule has 2 amide bonds. The van der Waals surface area contributed by atoms with Crippen molar-refractivity contribution in [2.24, 2.45) is 0 Å².